The molecule has 124 valence electrons. The number of anilines is 1. The predicted molar refractivity (Wildman–Crippen MR) is 101 cm³/mol. The molecule has 0 bridgehead atoms. The smallest absolute Gasteiger partial charge is 0.170 e. The number of hydrogen-bond donors (Lipinski definition) is 2. The van der Waals surface area contributed by atoms with Gasteiger partial charge in [0.05, 0.1) is 18.6 Å². The number of furan rings is 1. The van der Waals surface area contributed by atoms with E-state index in [4.69, 9.17) is 21.4 Å². The van der Waals surface area contributed by atoms with Crippen LogP contribution in [0.15, 0.2) is 47.1 Å². The van der Waals surface area contributed by atoms with Gasteiger partial charge in [-0.2, -0.15) is 11.8 Å². The molecule has 0 atom stereocenters. The molecule has 1 aromatic heterocycles. The van der Waals surface area contributed by atoms with Crippen molar-refractivity contribution in [3.8, 4) is 5.75 Å². The first-order valence-electron chi connectivity index (χ1n) is 7.66. The first-order valence-corrected chi connectivity index (χ1v) is 9.22. The summed E-state index contributed by atoms with van der Waals surface area (Å²) in [7, 11) is 0. The van der Waals surface area contributed by atoms with E-state index in [1.165, 1.54) is 0 Å². The maximum absolute atomic E-state index is 5.41. The van der Waals surface area contributed by atoms with Crippen LogP contribution in [-0.4, -0.2) is 24.0 Å². The van der Waals surface area contributed by atoms with Crippen LogP contribution in [0.2, 0.25) is 0 Å². The van der Waals surface area contributed by atoms with E-state index in [2.05, 4.69) is 10.6 Å². The molecule has 6 heteroatoms. The second-order valence-electron chi connectivity index (χ2n) is 4.82. The summed E-state index contributed by atoms with van der Waals surface area (Å²) in [6, 6.07) is 11.7. The Morgan fingerprint density at radius 1 is 1.26 bits per heavy atom. The third-order valence-electron chi connectivity index (χ3n) is 3.00. The van der Waals surface area contributed by atoms with Gasteiger partial charge in [0.1, 0.15) is 11.5 Å². The Labute approximate surface area is 147 Å². The number of rotatable bonds is 9. The number of ether oxygens (including phenoxy) is 1. The lowest BCUT2D eigenvalue weighted by molar-refractivity contribution is 0.340. The fraction of sp³-hybridized carbons (Fsp3) is 0.353. The van der Waals surface area contributed by atoms with E-state index >= 15 is 0 Å². The van der Waals surface area contributed by atoms with Crippen molar-refractivity contribution in [2.24, 2.45) is 0 Å². The van der Waals surface area contributed by atoms with Crippen molar-refractivity contribution >= 4 is 34.8 Å². The van der Waals surface area contributed by atoms with Crippen LogP contribution in [0, 0.1) is 0 Å². The van der Waals surface area contributed by atoms with E-state index in [9.17, 15) is 0 Å². The molecule has 4 nitrogen and oxygen atoms in total. The highest BCUT2D eigenvalue weighted by Crippen LogP contribution is 2.15. The first-order chi connectivity index (χ1) is 11.3. The van der Waals surface area contributed by atoms with Gasteiger partial charge < -0.3 is 19.8 Å². The van der Waals surface area contributed by atoms with Gasteiger partial charge >= 0.3 is 0 Å². The highest BCUT2D eigenvalue weighted by molar-refractivity contribution is 7.98. The van der Waals surface area contributed by atoms with Gasteiger partial charge in [-0.1, -0.05) is 0 Å². The molecule has 0 spiro atoms. The molecule has 0 fully saturated rings. The Morgan fingerprint density at radius 3 is 2.78 bits per heavy atom. The maximum Gasteiger partial charge on any atom is 0.170 e. The summed E-state index contributed by atoms with van der Waals surface area (Å²) >= 11 is 7.15. The van der Waals surface area contributed by atoms with Gasteiger partial charge in [-0.25, -0.2) is 0 Å². The molecular formula is C17H22N2O2S2. The lowest BCUT2D eigenvalue weighted by Crippen LogP contribution is -2.29. The summed E-state index contributed by atoms with van der Waals surface area (Å²) < 4.78 is 10.7. The average Bonchev–Trinajstić information content (AvgIpc) is 3.06. The van der Waals surface area contributed by atoms with E-state index in [0.29, 0.717) is 11.7 Å². The Morgan fingerprint density at radius 2 is 2.09 bits per heavy atom. The van der Waals surface area contributed by atoms with Crippen molar-refractivity contribution in [2.45, 2.75) is 19.1 Å². The van der Waals surface area contributed by atoms with Gasteiger partial charge in [0.15, 0.2) is 5.11 Å². The second-order valence-corrected chi connectivity index (χ2v) is 6.34. The fourth-order valence-electron chi connectivity index (χ4n) is 1.92. The lowest BCUT2D eigenvalue weighted by Gasteiger charge is -2.11. The molecule has 0 saturated heterocycles. The summed E-state index contributed by atoms with van der Waals surface area (Å²) in [6.07, 6.45) is 2.76. The Bertz CT molecular complexity index is 571. The minimum Gasteiger partial charge on any atom is -0.494 e. The summed E-state index contributed by atoms with van der Waals surface area (Å²) in [4.78, 5) is 0. The minimum absolute atomic E-state index is 0.644. The van der Waals surface area contributed by atoms with Crippen LogP contribution in [0.3, 0.4) is 0 Å². The van der Waals surface area contributed by atoms with Gasteiger partial charge in [0.25, 0.3) is 0 Å². The zero-order valence-corrected chi connectivity index (χ0v) is 14.8. The van der Waals surface area contributed by atoms with E-state index in [0.717, 1.165) is 41.7 Å². The number of thiocarbonyl (C=S) groups is 1. The molecular weight excluding hydrogens is 328 g/mol. The molecule has 2 rings (SSSR count). The van der Waals surface area contributed by atoms with E-state index in [-0.39, 0.29) is 0 Å². The predicted octanol–water partition coefficient (Wildman–Crippen LogP) is 4.29. The van der Waals surface area contributed by atoms with Crippen LogP contribution in [-0.2, 0) is 5.75 Å². The topological polar surface area (TPSA) is 46.4 Å². The van der Waals surface area contributed by atoms with Crippen LogP contribution in [0.25, 0.3) is 0 Å². The summed E-state index contributed by atoms with van der Waals surface area (Å²) in [6.45, 7) is 3.50. The van der Waals surface area contributed by atoms with E-state index in [1.54, 1.807) is 6.26 Å². The van der Waals surface area contributed by atoms with Gasteiger partial charge in [-0.05, 0) is 67.7 Å². The zero-order chi connectivity index (χ0) is 16.3. The molecule has 0 amide bonds. The summed E-state index contributed by atoms with van der Waals surface area (Å²) in [5, 5.41) is 7.03. The molecule has 0 saturated carbocycles. The van der Waals surface area contributed by atoms with Crippen LogP contribution in [0.4, 0.5) is 5.69 Å². The third-order valence-corrected chi connectivity index (χ3v) is 4.31. The number of nitrogens with one attached hydrogen (secondary N) is 2. The molecule has 0 aliphatic carbocycles. The average molecular weight is 351 g/mol. The number of hydrogen-bond acceptors (Lipinski definition) is 4. The fourth-order valence-corrected chi connectivity index (χ4v) is 3.00. The van der Waals surface area contributed by atoms with Gasteiger partial charge in [0, 0.05) is 12.2 Å². The summed E-state index contributed by atoms with van der Waals surface area (Å²) in [5.74, 6) is 3.88. The van der Waals surface area contributed by atoms with Crippen molar-refractivity contribution in [3.05, 3.63) is 48.4 Å². The number of thioether (sulfide) groups is 1. The van der Waals surface area contributed by atoms with Crippen molar-refractivity contribution in [2.75, 3.05) is 24.2 Å². The standard InChI is InChI=1S/C17H22N2O2S2/c1-2-20-15-8-6-14(7-9-15)19-17(22)18-10-4-12-23-13-16-5-3-11-21-16/h3,5-9,11H,2,4,10,12-13H2,1H3,(H2,18,19,22). The van der Waals surface area contributed by atoms with E-state index < -0.39 is 0 Å². The van der Waals surface area contributed by atoms with Crippen LogP contribution in [0.5, 0.6) is 5.75 Å². The highest BCUT2D eigenvalue weighted by Gasteiger charge is 1.99. The van der Waals surface area contributed by atoms with Gasteiger partial charge in [-0.15, -0.1) is 0 Å². The minimum atomic E-state index is 0.644. The first kappa shape index (κ1) is 17.7. The second kappa shape index (κ2) is 10.2. The SMILES string of the molecule is CCOc1ccc(NC(=S)NCCCSCc2ccco2)cc1. The van der Waals surface area contributed by atoms with Crippen LogP contribution < -0.4 is 15.4 Å². The zero-order valence-electron chi connectivity index (χ0n) is 13.2. The molecule has 1 heterocycles. The largest absolute Gasteiger partial charge is 0.494 e. The molecule has 0 radical (unpaired) electrons. The normalized spacial score (nSPS) is 10.3. The van der Waals surface area contributed by atoms with Gasteiger partial charge in [0.2, 0.25) is 0 Å². The molecule has 0 aliphatic heterocycles. The quantitative estimate of drug-likeness (QED) is 0.520. The highest BCUT2D eigenvalue weighted by atomic mass is 32.2. The maximum atomic E-state index is 5.41. The molecule has 2 N–H and O–H groups in total. The number of benzene rings is 1. The Balaban J connectivity index is 1.56. The molecule has 0 unspecified atom stereocenters. The molecule has 0 aliphatic rings. The monoisotopic (exact) mass is 350 g/mol. The van der Waals surface area contributed by atoms with Crippen LogP contribution >= 0.6 is 24.0 Å². The van der Waals surface area contributed by atoms with Crippen molar-refractivity contribution in [1.82, 2.24) is 5.32 Å². The van der Waals surface area contributed by atoms with Crippen molar-refractivity contribution in [1.29, 1.82) is 0 Å². The van der Waals surface area contributed by atoms with Crippen molar-refractivity contribution in [3.63, 3.8) is 0 Å². The summed E-state index contributed by atoms with van der Waals surface area (Å²) in [5.41, 5.74) is 0.957. The lowest BCUT2D eigenvalue weighted by atomic mass is 10.3. The molecule has 2 aromatic rings. The molecule has 1 aromatic carbocycles. The Kier molecular flexibility index (Phi) is 7.83. The molecule has 23 heavy (non-hydrogen) atoms. The van der Waals surface area contributed by atoms with E-state index in [1.807, 2.05) is 55.1 Å². The van der Waals surface area contributed by atoms with Gasteiger partial charge in [-0.3, -0.25) is 0 Å². The van der Waals surface area contributed by atoms with Crippen LogP contribution in [0.1, 0.15) is 19.1 Å². The van der Waals surface area contributed by atoms with Crippen molar-refractivity contribution < 1.29 is 9.15 Å². The Hall–Kier alpha value is -1.66. The third kappa shape index (κ3) is 6.97.